The molecule has 0 aliphatic carbocycles. The Morgan fingerprint density at radius 3 is 1.68 bits per heavy atom. The Hall–Kier alpha value is -0.820. The highest BCUT2D eigenvalue weighted by Gasteiger charge is 2.36. The van der Waals surface area contributed by atoms with Crippen LogP contribution in [0.5, 0.6) is 0 Å². The molecular weight excluding hydrogens is 340 g/mol. The number of rotatable bonds is 17. The van der Waals surface area contributed by atoms with E-state index in [1.807, 2.05) is 0 Å². The monoisotopic (exact) mass is 387 g/mol. The first kappa shape index (κ1) is 25.2. The highest BCUT2D eigenvalue weighted by atomic mass is 16.3. The summed E-state index contributed by atoms with van der Waals surface area (Å²) in [5.41, 5.74) is 1.28. The molecule has 0 saturated carbocycles. The van der Waals surface area contributed by atoms with Crippen LogP contribution in [0.1, 0.15) is 123 Å². The largest absolute Gasteiger partial charge is 0.233 e. The van der Waals surface area contributed by atoms with Gasteiger partial charge in [-0.05, 0) is 29.7 Å². The summed E-state index contributed by atoms with van der Waals surface area (Å²) in [4.78, 5) is 0. The molecule has 161 valence electrons. The summed E-state index contributed by atoms with van der Waals surface area (Å²) in [6, 6.07) is 10.7. The lowest BCUT2D eigenvalue weighted by Gasteiger charge is -2.37. The third-order valence-corrected chi connectivity index (χ3v) is 6.59. The first-order valence-corrected chi connectivity index (χ1v) is 12.2. The van der Waals surface area contributed by atoms with Crippen molar-refractivity contribution in [2.45, 2.75) is 129 Å². The SMILES string of the molecule is CCCCCCCCCCCCCC(C([O])CCC)C(C)(C)c1ccccc1. The molecule has 0 amide bonds. The predicted molar refractivity (Wildman–Crippen MR) is 123 cm³/mol. The summed E-state index contributed by atoms with van der Waals surface area (Å²) in [6.45, 7) is 8.99. The number of hydrogen-bond acceptors (Lipinski definition) is 0. The fraction of sp³-hybridized carbons (Fsp3) is 0.778. The van der Waals surface area contributed by atoms with E-state index in [0.29, 0.717) is 0 Å². The van der Waals surface area contributed by atoms with Crippen LogP contribution in [0.3, 0.4) is 0 Å². The third-order valence-electron chi connectivity index (χ3n) is 6.59. The maximum atomic E-state index is 13.0. The molecule has 1 rings (SSSR count). The van der Waals surface area contributed by atoms with Crippen LogP contribution >= 0.6 is 0 Å². The van der Waals surface area contributed by atoms with Gasteiger partial charge in [0.05, 0.1) is 6.10 Å². The normalized spacial score (nSPS) is 14.2. The van der Waals surface area contributed by atoms with E-state index >= 15 is 0 Å². The first-order valence-electron chi connectivity index (χ1n) is 12.2. The molecule has 0 N–H and O–H groups in total. The molecule has 28 heavy (non-hydrogen) atoms. The summed E-state index contributed by atoms with van der Waals surface area (Å²) in [7, 11) is 0. The lowest BCUT2D eigenvalue weighted by Crippen LogP contribution is -2.37. The van der Waals surface area contributed by atoms with Crippen molar-refractivity contribution in [3.63, 3.8) is 0 Å². The van der Waals surface area contributed by atoms with Crippen LogP contribution in [0, 0.1) is 5.92 Å². The van der Waals surface area contributed by atoms with Gasteiger partial charge in [0.15, 0.2) is 0 Å². The van der Waals surface area contributed by atoms with Crippen LogP contribution in [-0.4, -0.2) is 6.10 Å². The topological polar surface area (TPSA) is 19.9 Å². The van der Waals surface area contributed by atoms with Gasteiger partial charge >= 0.3 is 0 Å². The van der Waals surface area contributed by atoms with Crippen molar-refractivity contribution < 1.29 is 5.11 Å². The second kappa shape index (κ2) is 15.1. The van der Waals surface area contributed by atoms with E-state index in [1.54, 1.807) is 0 Å². The highest BCUT2D eigenvalue weighted by Crippen LogP contribution is 2.38. The lowest BCUT2D eigenvalue weighted by atomic mass is 9.68. The van der Waals surface area contributed by atoms with Crippen molar-refractivity contribution >= 4 is 0 Å². The van der Waals surface area contributed by atoms with Crippen LogP contribution in [-0.2, 0) is 10.5 Å². The van der Waals surface area contributed by atoms with E-state index in [9.17, 15) is 5.11 Å². The number of unbranched alkanes of at least 4 members (excludes halogenated alkanes) is 10. The molecule has 0 heterocycles. The molecule has 1 heteroatoms. The van der Waals surface area contributed by atoms with E-state index in [2.05, 4.69) is 58.0 Å². The third kappa shape index (κ3) is 9.59. The van der Waals surface area contributed by atoms with E-state index in [1.165, 1.54) is 76.2 Å². The molecule has 0 fully saturated rings. The zero-order valence-corrected chi connectivity index (χ0v) is 19.3. The Labute approximate surface area is 176 Å². The summed E-state index contributed by atoms with van der Waals surface area (Å²) in [6.07, 6.45) is 17.4. The molecule has 1 radical (unpaired) electrons. The van der Waals surface area contributed by atoms with Crippen LogP contribution < -0.4 is 0 Å². The summed E-state index contributed by atoms with van der Waals surface area (Å²) >= 11 is 0. The van der Waals surface area contributed by atoms with Crippen LogP contribution in [0.4, 0.5) is 0 Å². The molecule has 2 unspecified atom stereocenters. The minimum Gasteiger partial charge on any atom is -0.233 e. The fourth-order valence-corrected chi connectivity index (χ4v) is 4.61. The van der Waals surface area contributed by atoms with Gasteiger partial charge < -0.3 is 0 Å². The van der Waals surface area contributed by atoms with Gasteiger partial charge in [-0.3, -0.25) is 0 Å². The van der Waals surface area contributed by atoms with Crippen molar-refractivity contribution in [1.29, 1.82) is 0 Å². The van der Waals surface area contributed by atoms with Gasteiger partial charge in [0.1, 0.15) is 0 Å². The number of benzene rings is 1. The molecule has 0 aromatic heterocycles. The minimum atomic E-state index is -0.441. The van der Waals surface area contributed by atoms with E-state index in [4.69, 9.17) is 0 Å². The van der Waals surface area contributed by atoms with E-state index in [0.717, 1.165) is 19.3 Å². The molecule has 0 spiro atoms. The fourth-order valence-electron chi connectivity index (χ4n) is 4.61. The van der Waals surface area contributed by atoms with Crippen molar-refractivity contribution in [3.05, 3.63) is 35.9 Å². The standard InChI is InChI=1S/C27H47O/c1-5-7-8-9-10-11-12-13-14-15-19-23-25(26(28)20-6-2)27(3,4)24-21-17-16-18-22-24/h16-18,21-22,25-26H,5-15,19-20,23H2,1-4H3. The van der Waals surface area contributed by atoms with Crippen molar-refractivity contribution in [2.24, 2.45) is 5.92 Å². The molecule has 0 aliphatic heterocycles. The summed E-state index contributed by atoms with van der Waals surface area (Å²) in [5.74, 6) is 0.230. The van der Waals surface area contributed by atoms with Gasteiger partial charge in [0.2, 0.25) is 0 Å². The van der Waals surface area contributed by atoms with Crippen molar-refractivity contribution in [1.82, 2.24) is 0 Å². The van der Waals surface area contributed by atoms with Gasteiger partial charge in [0, 0.05) is 0 Å². The van der Waals surface area contributed by atoms with Crippen LogP contribution in [0.25, 0.3) is 0 Å². The highest BCUT2D eigenvalue weighted by molar-refractivity contribution is 5.25. The minimum absolute atomic E-state index is 0.0403. The smallest absolute Gasteiger partial charge is 0.0966 e. The van der Waals surface area contributed by atoms with Crippen molar-refractivity contribution in [3.8, 4) is 0 Å². The predicted octanol–water partition coefficient (Wildman–Crippen LogP) is 8.88. The molecule has 1 nitrogen and oxygen atoms in total. The molecule has 1 aromatic rings. The molecule has 0 saturated heterocycles. The number of hydrogen-bond donors (Lipinski definition) is 0. The van der Waals surface area contributed by atoms with Gasteiger partial charge in [-0.1, -0.05) is 135 Å². The lowest BCUT2D eigenvalue weighted by molar-refractivity contribution is -0.00350. The maximum absolute atomic E-state index is 13.0. The second-order valence-electron chi connectivity index (χ2n) is 9.35. The Morgan fingerprint density at radius 1 is 0.679 bits per heavy atom. The zero-order valence-electron chi connectivity index (χ0n) is 19.3. The molecular formula is C27H47O. The average Bonchev–Trinajstić information content (AvgIpc) is 2.69. The van der Waals surface area contributed by atoms with E-state index < -0.39 is 6.10 Å². The Kier molecular flexibility index (Phi) is 13.6. The quantitative estimate of drug-likeness (QED) is 0.238. The summed E-state index contributed by atoms with van der Waals surface area (Å²) < 4.78 is 0. The Balaban J connectivity index is 2.35. The molecule has 1 aromatic carbocycles. The molecule has 2 atom stereocenters. The average molecular weight is 388 g/mol. The van der Waals surface area contributed by atoms with Gasteiger partial charge in [0.25, 0.3) is 0 Å². The van der Waals surface area contributed by atoms with Crippen LogP contribution in [0.15, 0.2) is 30.3 Å². The zero-order chi connectivity index (χ0) is 20.7. The van der Waals surface area contributed by atoms with Gasteiger partial charge in [-0.15, -0.1) is 0 Å². The van der Waals surface area contributed by atoms with Crippen LogP contribution in [0.2, 0.25) is 0 Å². The molecule has 0 aliphatic rings. The Bertz CT molecular complexity index is 464. The first-order chi connectivity index (χ1) is 13.5. The van der Waals surface area contributed by atoms with Crippen molar-refractivity contribution in [2.75, 3.05) is 0 Å². The maximum Gasteiger partial charge on any atom is 0.0966 e. The van der Waals surface area contributed by atoms with Gasteiger partial charge in [-0.25, -0.2) is 5.11 Å². The second-order valence-corrected chi connectivity index (χ2v) is 9.35. The molecule has 0 bridgehead atoms. The van der Waals surface area contributed by atoms with Gasteiger partial charge in [-0.2, -0.15) is 0 Å². The summed E-state index contributed by atoms with van der Waals surface area (Å²) in [5, 5.41) is 13.0. The Morgan fingerprint density at radius 2 is 1.18 bits per heavy atom. The van der Waals surface area contributed by atoms with E-state index in [-0.39, 0.29) is 11.3 Å².